The molecule has 1 aliphatic heterocycles. The normalized spacial score (nSPS) is 39.9. The Morgan fingerprint density at radius 3 is 2.06 bits per heavy atom. The van der Waals surface area contributed by atoms with Crippen molar-refractivity contribution < 1.29 is 28.8 Å². The van der Waals surface area contributed by atoms with Gasteiger partial charge in [-0.3, -0.25) is 0 Å². The van der Waals surface area contributed by atoms with Crippen LogP contribution in [0.15, 0.2) is 0 Å². The Balaban J connectivity index is 2.76. The summed E-state index contributed by atoms with van der Waals surface area (Å²) in [4.78, 5) is 0. The van der Waals surface area contributed by atoms with Gasteiger partial charge in [-0.25, -0.2) is 0 Å². The van der Waals surface area contributed by atoms with Crippen LogP contribution >= 0.6 is 0 Å². The van der Waals surface area contributed by atoms with Gasteiger partial charge in [0, 0.05) is 28.4 Å². The van der Waals surface area contributed by atoms with Crippen LogP contribution in [-0.2, 0) is 23.7 Å². The van der Waals surface area contributed by atoms with Gasteiger partial charge in [-0.2, -0.15) is 0 Å². The number of ether oxygens (including phenoxy) is 5. The van der Waals surface area contributed by atoms with Crippen LogP contribution in [0.2, 0.25) is 0 Å². The summed E-state index contributed by atoms with van der Waals surface area (Å²) in [6.07, 6.45) is -2.81. The zero-order valence-electron chi connectivity index (χ0n) is 10.1. The first-order valence-corrected chi connectivity index (χ1v) is 5.10. The Hall–Kier alpha value is -0.240. The van der Waals surface area contributed by atoms with E-state index in [0.717, 1.165) is 0 Å². The van der Waals surface area contributed by atoms with Crippen molar-refractivity contribution >= 4 is 0 Å². The largest absolute Gasteiger partial charge is 0.387 e. The molecule has 1 heterocycles. The van der Waals surface area contributed by atoms with Gasteiger partial charge in [-0.1, -0.05) is 0 Å². The highest BCUT2D eigenvalue weighted by molar-refractivity contribution is 4.90. The van der Waals surface area contributed by atoms with Gasteiger partial charge in [0.05, 0.1) is 6.61 Å². The molecule has 1 aliphatic rings. The molecular weight excluding hydrogens is 216 g/mol. The summed E-state index contributed by atoms with van der Waals surface area (Å²) >= 11 is 0. The minimum absolute atomic E-state index is 0.275. The van der Waals surface area contributed by atoms with Crippen molar-refractivity contribution in [2.24, 2.45) is 0 Å². The van der Waals surface area contributed by atoms with Crippen molar-refractivity contribution in [2.75, 3.05) is 35.0 Å². The predicted octanol–water partition coefficient (Wildman–Crippen LogP) is -0.605. The molecule has 0 amide bonds. The number of methoxy groups -OCH3 is 4. The molecule has 0 aromatic carbocycles. The Labute approximate surface area is 95.4 Å². The zero-order chi connectivity index (χ0) is 12.1. The lowest BCUT2D eigenvalue weighted by molar-refractivity contribution is -0.303. The first-order valence-electron chi connectivity index (χ1n) is 5.10. The van der Waals surface area contributed by atoms with Crippen LogP contribution in [0.3, 0.4) is 0 Å². The van der Waals surface area contributed by atoms with Crippen LogP contribution in [0.5, 0.6) is 0 Å². The average Bonchev–Trinajstić information content (AvgIpc) is 2.31. The molecule has 0 radical (unpaired) electrons. The summed E-state index contributed by atoms with van der Waals surface area (Å²) in [7, 11) is 6.10. The lowest BCUT2D eigenvalue weighted by Gasteiger charge is -2.42. The fourth-order valence-electron chi connectivity index (χ4n) is 1.90. The van der Waals surface area contributed by atoms with E-state index in [9.17, 15) is 5.11 Å². The topological polar surface area (TPSA) is 66.4 Å². The molecule has 1 saturated heterocycles. The predicted molar refractivity (Wildman–Crippen MR) is 55.1 cm³/mol. The van der Waals surface area contributed by atoms with Gasteiger partial charge in [0.25, 0.3) is 0 Å². The molecule has 1 fully saturated rings. The minimum atomic E-state index is -0.804. The molecular formula is C10H20O6. The molecule has 96 valence electrons. The van der Waals surface area contributed by atoms with Crippen LogP contribution in [0, 0.1) is 0 Å². The van der Waals surface area contributed by atoms with Gasteiger partial charge in [0.15, 0.2) is 6.29 Å². The zero-order valence-corrected chi connectivity index (χ0v) is 10.1. The molecule has 1 N–H and O–H groups in total. The fraction of sp³-hybridized carbons (Fsp3) is 1.00. The second kappa shape index (κ2) is 6.48. The molecule has 1 rings (SSSR count). The lowest BCUT2D eigenvalue weighted by Crippen LogP contribution is -2.60. The van der Waals surface area contributed by atoms with Gasteiger partial charge in [-0.15, -0.1) is 0 Å². The SMILES string of the molecule is COC[C@H]1O[C@H](OC)[C@H](OC)[C@@H](OC)[C@@H]1O. The highest BCUT2D eigenvalue weighted by atomic mass is 16.7. The molecule has 0 aromatic rings. The van der Waals surface area contributed by atoms with Crippen LogP contribution in [-0.4, -0.2) is 70.9 Å². The summed E-state index contributed by atoms with van der Waals surface area (Å²) in [5, 5.41) is 10.0. The van der Waals surface area contributed by atoms with E-state index in [4.69, 9.17) is 23.7 Å². The molecule has 6 nitrogen and oxygen atoms in total. The van der Waals surface area contributed by atoms with E-state index in [1.165, 1.54) is 21.3 Å². The number of hydrogen-bond donors (Lipinski definition) is 1. The molecule has 0 bridgehead atoms. The van der Waals surface area contributed by atoms with Crippen molar-refractivity contribution in [2.45, 2.75) is 30.7 Å². The quantitative estimate of drug-likeness (QED) is 0.687. The molecule has 0 saturated carbocycles. The molecule has 0 spiro atoms. The Bertz CT molecular complexity index is 200. The maximum atomic E-state index is 10.0. The maximum Gasteiger partial charge on any atom is 0.186 e. The van der Waals surface area contributed by atoms with Gasteiger partial charge < -0.3 is 28.8 Å². The molecule has 0 aliphatic carbocycles. The number of aliphatic hydroxyl groups excluding tert-OH is 1. The summed E-state index contributed by atoms with van der Waals surface area (Å²) in [6, 6.07) is 0. The van der Waals surface area contributed by atoms with E-state index in [2.05, 4.69) is 0 Å². The number of hydrogen-bond acceptors (Lipinski definition) is 6. The van der Waals surface area contributed by atoms with Crippen molar-refractivity contribution in [1.29, 1.82) is 0 Å². The van der Waals surface area contributed by atoms with Crippen molar-refractivity contribution in [1.82, 2.24) is 0 Å². The third-order valence-electron chi connectivity index (χ3n) is 2.73. The minimum Gasteiger partial charge on any atom is -0.387 e. The monoisotopic (exact) mass is 236 g/mol. The van der Waals surface area contributed by atoms with E-state index < -0.39 is 30.7 Å². The molecule has 0 unspecified atom stereocenters. The van der Waals surface area contributed by atoms with Crippen molar-refractivity contribution in [3.05, 3.63) is 0 Å². The molecule has 0 aromatic heterocycles. The van der Waals surface area contributed by atoms with E-state index in [1.54, 1.807) is 7.11 Å². The maximum absolute atomic E-state index is 10.0. The van der Waals surface area contributed by atoms with E-state index in [0.29, 0.717) is 0 Å². The summed E-state index contributed by atoms with van der Waals surface area (Å²) in [6.45, 7) is 0.275. The van der Waals surface area contributed by atoms with Gasteiger partial charge in [0.1, 0.15) is 24.4 Å². The third-order valence-corrected chi connectivity index (χ3v) is 2.73. The second-order valence-corrected chi connectivity index (χ2v) is 3.63. The first kappa shape index (κ1) is 13.8. The standard InChI is InChI=1S/C10H20O6/c1-12-5-6-7(11)8(13-2)9(14-3)10(15-4)16-6/h6-11H,5H2,1-4H3/t6-,7-,8+,9-,10+/m1/s1. The summed E-state index contributed by atoms with van der Waals surface area (Å²) < 4.78 is 26.1. The lowest BCUT2D eigenvalue weighted by atomic mass is 9.99. The van der Waals surface area contributed by atoms with E-state index in [1.807, 2.05) is 0 Å². The molecule has 5 atom stereocenters. The summed E-state index contributed by atoms with van der Waals surface area (Å²) in [5.74, 6) is 0. The van der Waals surface area contributed by atoms with Crippen molar-refractivity contribution in [3.63, 3.8) is 0 Å². The number of aliphatic hydroxyl groups is 1. The number of rotatable bonds is 5. The van der Waals surface area contributed by atoms with Gasteiger partial charge >= 0.3 is 0 Å². The Morgan fingerprint density at radius 1 is 1.00 bits per heavy atom. The van der Waals surface area contributed by atoms with Crippen LogP contribution in [0.4, 0.5) is 0 Å². The average molecular weight is 236 g/mol. The van der Waals surface area contributed by atoms with E-state index >= 15 is 0 Å². The Kier molecular flexibility index (Phi) is 5.60. The van der Waals surface area contributed by atoms with Crippen LogP contribution in [0.25, 0.3) is 0 Å². The fourth-order valence-corrected chi connectivity index (χ4v) is 1.90. The van der Waals surface area contributed by atoms with Gasteiger partial charge in [-0.05, 0) is 0 Å². The third kappa shape index (κ3) is 2.71. The highest BCUT2D eigenvalue weighted by Crippen LogP contribution is 2.25. The van der Waals surface area contributed by atoms with Crippen molar-refractivity contribution in [3.8, 4) is 0 Å². The highest BCUT2D eigenvalue weighted by Gasteiger charge is 2.46. The van der Waals surface area contributed by atoms with Crippen LogP contribution in [0.1, 0.15) is 0 Å². The van der Waals surface area contributed by atoms with E-state index in [-0.39, 0.29) is 6.61 Å². The van der Waals surface area contributed by atoms with Crippen LogP contribution < -0.4 is 0 Å². The second-order valence-electron chi connectivity index (χ2n) is 3.63. The smallest absolute Gasteiger partial charge is 0.186 e. The summed E-state index contributed by atoms with van der Waals surface area (Å²) in [5.41, 5.74) is 0. The molecule has 16 heavy (non-hydrogen) atoms. The van der Waals surface area contributed by atoms with Gasteiger partial charge in [0.2, 0.25) is 0 Å². The first-order chi connectivity index (χ1) is 7.69. The Morgan fingerprint density at radius 2 is 1.62 bits per heavy atom. The molecule has 6 heteroatoms.